The summed E-state index contributed by atoms with van der Waals surface area (Å²) in [6.07, 6.45) is 0.951. The van der Waals surface area contributed by atoms with E-state index in [0.717, 1.165) is 32.0 Å². The van der Waals surface area contributed by atoms with Crippen molar-refractivity contribution in [2.75, 3.05) is 33.3 Å². The third kappa shape index (κ3) is 6.01. The molecule has 1 fully saturated rings. The normalized spacial score (nSPS) is 20.7. The Morgan fingerprint density at radius 2 is 2.25 bits per heavy atom. The lowest BCUT2D eigenvalue weighted by Crippen LogP contribution is -2.40. The van der Waals surface area contributed by atoms with Gasteiger partial charge in [0.1, 0.15) is 0 Å². The first-order chi connectivity index (χ1) is 11.0. The van der Waals surface area contributed by atoms with Gasteiger partial charge in [0.2, 0.25) is 0 Å². The largest absolute Gasteiger partial charge is 0.469 e. The summed E-state index contributed by atoms with van der Waals surface area (Å²) in [5.74, 6) is 0.994. The Bertz CT molecular complexity index is 565. The zero-order valence-electron chi connectivity index (χ0n) is 14.3. The highest BCUT2D eigenvalue weighted by atomic mass is 127. The van der Waals surface area contributed by atoms with Crippen LogP contribution in [0.15, 0.2) is 17.1 Å². The molecular weight excluding hydrogens is 552 g/mol. The molecule has 2 heterocycles. The molecule has 1 aromatic heterocycles. The van der Waals surface area contributed by atoms with Crippen LogP contribution in [0.1, 0.15) is 18.7 Å². The average molecular weight is 577 g/mol. The summed E-state index contributed by atoms with van der Waals surface area (Å²) in [6.45, 7) is 7.25. The number of carbonyl (C=O) groups is 1. The molecule has 2 atom stereocenters. The van der Waals surface area contributed by atoms with Crippen molar-refractivity contribution in [3.8, 4) is 0 Å². The number of guanidine groups is 1. The van der Waals surface area contributed by atoms with Gasteiger partial charge in [-0.25, -0.2) is 0 Å². The second-order valence-corrected chi connectivity index (χ2v) is 8.77. The maximum atomic E-state index is 11.8. The number of nitrogens with zero attached hydrogens (tertiary/aromatic N) is 2. The van der Waals surface area contributed by atoms with Gasteiger partial charge in [0.15, 0.2) is 5.96 Å². The maximum absolute atomic E-state index is 11.8. The molecule has 1 saturated heterocycles. The smallest absolute Gasteiger partial charge is 0.310 e. The summed E-state index contributed by atoms with van der Waals surface area (Å²) in [7, 11) is 1.46. The highest BCUT2D eigenvalue weighted by Gasteiger charge is 2.36. The van der Waals surface area contributed by atoms with Crippen molar-refractivity contribution in [1.29, 1.82) is 0 Å². The van der Waals surface area contributed by atoms with Crippen LogP contribution in [0.5, 0.6) is 0 Å². The number of thiophene rings is 1. The van der Waals surface area contributed by atoms with Gasteiger partial charge in [0, 0.05) is 37.5 Å². The Kier molecular flexibility index (Phi) is 9.87. The predicted octanol–water partition coefficient (Wildman–Crippen LogP) is 3.22. The zero-order valence-corrected chi connectivity index (χ0v) is 19.6. The summed E-state index contributed by atoms with van der Waals surface area (Å²) in [5, 5.41) is 3.34. The lowest BCUT2D eigenvalue weighted by atomic mass is 9.99. The molecule has 136 valence electrons. The Balaban J connectivity index is 0.00000288. The molecule has 0 saturated carbocycles. The Labute approximate surface area is 178 Å². The fraction of sp³-hybridized carbons (Fsp3) is 0.625. The van der Waals surface area contributed by atoms with Gasteiger partial charge < -0.3 is 15.0 Å². The maximum Gasteiger partial charge on any atom is 0.310 e. The van der Waals surface area contributed by atoms with Gasteiger partial charge in [-0.2, -0.15) is 0 Å². The van der Waals surface area contributed by atoms with Crippen molar-refractivity contribution in [3.05, 3.63) is 19.9 Å². The van der Waals surface area contributed by atoms with Crippen LogP contribution in [0.4, 0.5) is 0 Å². The molecule has 5 nitrogen and oxygen atoms in total. The second-order valence-electron chi connectivity index (χ2n) is 5.70. The quantitative estimate of drug-likeness (QED) is 0.253. The number of esters is 1. The molecule has 24 heavy (non-hydrogen) atoms. The highest BCUT2D eigenvalue weighted by molar-refractivity contribution is 14.1. The Morgan fingerprint density at radius 3 is 2.83 bits per heavy atom. The van der Waals surface area contributed by atoms with Gasteiger partial charge in [0.05, 0.1) is 15.9 Å². The van der Waals surface area contributed by atoms with Crippen LogP contribution < -0.4 is 5.32 Å². The predicted molar refractivity (Wildman–Crippen MR) is 118 cm³/mol. The van der Waals surface area contributed by atoms with E-state index in [2.05, 4.69) is 58.8 Å². The zero-order chi connectivity index (χ0) is 16.8. The van der Waals surface area contributed by atoms with E-state index >= 15 is 0 Å². The number of ether oxygens (including phenoxy) is 1. The summed E-state index contributed by atoms with van der Waals surface area (Å²) in [6, 6.07) is 4.30. The Hall–Kier alpha value is -0.100. The number of nitrogens with one attached hydrogen (secondary N) is 1. The molecule has 0 bridgehead atoms. The first-order valence-electron chi connectivity index (χ1n) is 7.90. The third-order valence-electron chi connectivity index (χ3n) is 4.00. The van der Waals surface area contributed by atoms with Gasteiger partial charge in [-0.05, 0) is 47.6 Å². The number of hydrogen-bond acceptors (Lipinski definition) is 4. The van der Waals surface area contributed by atoms with E-state index < -0.39 is 0 Å². The lowest BCUT2D eigenvalue weighted by molar-refractivity contribution is -0.145. The van der Waals surface area contributed by atoms with Crippen LogP contribution in [0, 0.1) is 14.7 Å². The van der Waals surface area contributed by atoms with E-state index in [4.69, 9.17) is 9.73 Å². The SMILES string of the molecule is CCNC(=NCCc1ccc(I)s1)N1CC(C)C(C(=O)OC)C1.I. The van der Waals surface area contributed by atoms with Crippen molar-refractivity contribution in [3.63, 3.8) is 0 Å². The average Bonchev–Trinajstić information content (AvgIpc) is 3.11. The molecule has 2 unspecified atom stereocenters. The van der Waals surface area contributed by atoms with Gasteiger partial charge in [-0.3, -0.25) is 9.79 Å². The first kappa shape index (κ1) is 21.9. The summed E-state index contributed by atoms with van der Waals surface area (Å²) in [4.78, 5) is 20.1. The molecule has 0 radical (unpaired) electrons. The van der Waals surface area contributed by atoms with Crippen LogP contribution in [0.2, 0.25) is 0 Å². The second kappa shape index (κ2) is 10.8. The van der Waals surface area contributed by atoms with Crippen LogP contribution >= 0.6 is 57.9 Å². The van der Waals surface area contributed by atoms with E-state index in [1.165, 1.54) is 14.9 Å². The molecule has 1 aliphatic rings. The van der Waals surface area contributed by atoms with E-state index in [0.29, 0.717) is 6.54 Å². The van der Waals surface area contributed by atoms with E-state index in [1.807, 2.05) is 11.3 Å². The standard InChI is InChI=1S/C16H24IN3O2S.HI/c1-4-18-16(19-8-7-12-5-6-14(17)23-12)20-9-11(2)13(10-20)15(21)22-3;/h5-6,11,13H,4,7-10H2,1-3H3,(H,18,19);1H. The Morgan fingerprint density at radius 1 is 1.50 bits per heavy atom. The molecule has 2 rings (SSSR count). The number of methoxy groups -OCH3 is 1. The van der Waals surface area contributed by atoms with Gasteiger partial charge in [0.25, 0.3) is 0 Å². The minimum atomic E-state index is -0.121. The van der Waals surface area contributed by atoms with E-state index in [-0.39, 0.29) is 41.8 Å². The van der Waals surface area contributed by atoms with Gasteiger partial charge in [-0.15, -0.1) is 35.3 Å². The van der Waals surface area contributed by atoms with Crippen LogP contribution in [0.3, 0.4) is 0 Å². The molecule has 0 amide bonds. The van der Waals surface area contributed by atoms with E-state index in [1.54, 1.807) is 0 Å². The lowest BCUT2D eigenvalue weighted by Gasteiger charge is -2.21. The molecule has 0 aliphatic carbocycles. The molecule has 1 aliphatic heterocycles. The fourth-order valence-electron chi connectivity index (χ4n) is 2.78. The van der Waals surface area contributed by atoms with E-state index in [9.17, 15) is 4.79 Å². The van der Waals surface area contributed by atoms with Crippen molar-refractivity contribution < 1.29 is 9.53 Å². The number of halogens is 2. The van der Waals surface area contributed by atoms with Crippen LogP contribution in [0.25, 0.3) is 0 Å². The highest BCUT2D eigenvalue weighted by Crippen LogP contribution is 2.24. The molecule has 1 N–H and O–H groups in total. The summed E-state index contributed by atoms with van der Waals surface area (Å²) >= 11 is 4.16. The van der Waals surface area contributed by atoms with Crippen molar-refractivity contribution in [2.45, 2.75) is 20.3 Å². The molecule has 8 heteroatoms. The third-order valence-corrected chi connectivity index (χ3v) is 5.95. The first-order valence-corrected chi connectivity index (χ1v) is 9.80. The number of carbonyl (C=O) groups excluding carboxylic acids is 1. The van der Waals surface area contributed by atoms with Crippen LogP contribution in [-0.4, -0.2) is 50.1 Å². The monoisotopic (exact) mass is 577 g/mol. The van der Waals surface area contributed by atoms with Crippen molar-refractivity contribution in [2.24, 2.45) is 16.8 Å². The number of likely N-dealkylation sites (tertiary alicyclic amines) is 1. The summed E-state index contributed by atoms with van der Waals surface area (Å²) in [5.41, 5.74) is 0. The van der Waals surface area contributed by atoms with Gasteiger partial charge in [-0.1, -0.05) is 6.92 Å². The summed E-state index contributed by atoms with van der Waals surface area (Å²) < 4.78 is 6.22. The molecule has 0 spiro atoms. The van der Waals surface area contributed by atoms with Gasteiger partial charge >= 0.3 is 5.97 Å². The number of hydrogen-bond donors (Lipinski definition) is 1. The fourth-order valence-corrected chi connectivity index (χ4v) is 4.53. The van der Waals surface area contributed by atoms with Crippen molar-refractivity contribution in [1.82, 2.24) is 10.2 Å². The number of rotatable bonds is 5. The topological polar surface area (TPSA) is 53.9 Å². The molecule has 0 aromatic carbocycles. The van der Waals surface area contributed by atoms with Crippen molar-refractivity contribution >= 4 is 69.8 Å². The number of aliphatic imine (C=N–C) groups is 1. The van der Waals surface area contributed by atoms with Crippen LogP contribution in [-0.2, 0) is 16.0 Å². The minimum absolute atomic E-state index is 0. The minimum Gasteiger partial charge on any atom is -0.469 e. The molecule has 1 aromatic rings. The molecular formula is C16H25I2N3O2S.